The van der Waals surface area contributed by atoms with Gasteiger partial charge in [0.1, 0.15) is 12.3 Å². The average molecular weight is 502 g/mol. The molecule has 0 amide bonds. The number of nitrogens with zero attached hydrogens (tertiary/aromatic N) is 2. The Bertz CT molecular complexity index is 1450. The van der Waals surface area contributed by atoms with E-state index in [-0.39, 0.29) is 31.3 Å². The molecular formula is C20H17F3N2O6S2. The number of benzene rings is 2. The lowest BCUT2D eigenvalue weighted by atomic mass is 10.1. The summed E-state index contributed by atoms with van der Waals surface area (Å²) in [5.74, 6) is -0.494. The molecule has 0 saturated carbocycles. The Morgan fingerprint density at radius 1 is 0.879 bits per heavy atom. The van der Waals surface area contributed by atoms with Gasteiger partial charge in [0, 0.05) is 12.5 Å². The molecule has 0 aliphatic carbocycles. The topological polar surface area (TPSA) is 112 Å². The van der Waals surface area contributed by atoms with Crippen LogP contribution < -0.4 is 10.3 Å². The quantitative estimate of drug-likeness (QED) is 0.509. The molecule has 13 heteroatoms. The molecule has 0 saturated heterocycles. The summed E-state index contributed by atoms with van der Waals surface area (Å²) in [6.45, 7) is -1.65. The first-order valence-electron chi connectivity index (χ1n) is 9.10. The molecule has 0 aliphatic heterocycles. The SMILES string of the molecule is CS(=O)(=O)c1ccc(Oc2c(-c3ccc(S(C)(=O)=O)cc3)cnn(CC(F)(F)F)c2=O)cc1. The van der Waals surface area contributed by atoms with Crippen LogP contribution in [0.2, 0.25) is 0 Å². The van der Waals surface area contributed by atoms with Crippen LogP contribution in [0.4, 0.5) is 13.2 Å². The molecule has 0 unspecified atom stereocenters. The maximum Gasteiger partial charge on any atom is 0.408 e. The highest BCUT2D eigenvalue weighted by Crippen LogP contribution is 2.31. The van der Waals surface area contributed by atoms with Gasteiger partial charge in [-0.05, 0) is 42.0 Å². The van der Waals surface area contributed by atoms with Crippen molar-refractivity contribution in [1.82, 2.24) is 9.78 Å². The first-order valence-corrected chi connectivity index (χ1v) is 12.9. The molecule has 0 spiro atoms. The fourth-order valence-corrected chi connectivity index (χ4v) is 4.07. The van der Waals surface area contributed by atoms with E-state index < -0.39 is 43.7 Å². The van der Waals surface area contributed by atoms with E-state index in [0.29, 0.717) is 0 Å². The van der Waals surface area contributed by atoms with Crippen LogP contribution in [0.25, 0.3) is 11.1 Å². The van der Waals surface area contributed by atoms with E-state index in [4.69, 9.17) is 4.74 Å². The van der Waals surface area contributed by atoms with Gasteiger partial charge in [-0.3, -0.25) is 4.79 Å². The number of hydrogen-bond donors (Lipinski definition) is 0. The number of alkyl halides is 3. The molecule has 3 aromatic rings. The molecule has 176 valence electrons. The van der Waals surface area contributed by atoms with Crippen LogP contribution in [0.15, 0.2) is 69.3 Å². The van der Waals surface area contributed by atoms with Gasteiger partial charge in [0.05, 0.1) is 21.6 Å². The highest BCUT2D eigenvalue weighted by molar-refractivity contribution is 7.91. The molecule has 0 bridgehead atoms. The lowest BCUT2D eigenvalue weighted by molar-refractivity contribution is -0.143. The zero-order valence-corrected chi connectivity index (χ0v) is 18.8. The molecule has 0 aliphatic rings. The number of rotatable bonds is 6. The van der Waals surface area contributed by atoms with Gasteiger partial charge in [0.25, 0.3) is 0 Å². The minimum absolute atomic E-state index is 0.00161. The third-order valence-electron chi connectivity index (χ3n) is 4.39. The Morgan fingerprint density at radius 3 is 1.82 bits per heavy atom. The number of hydrogen-bond acceptors (Lipinski definition) is 7. The van der Waals surface area contributed by atoms with Gasteiger partial charge >= 0.3 is 11.7 Å². The Hall–Kier alpha value is -3.19. The van der Waals surface area contributed by atoms with Gasteiger partial charge < -0.3 is 4.74 Å². The predicted octanol–water partition coefficient (Wildman–Crippen LogP) is 3.07. The van der Waals surface area contributed by atoms with Crippen LogP contribution >= 0.6 is 0 Å². The summed E-state index contributed by atoms with van der Waals surface area (Å²) in [6, 6.07) is 10.2. The Labute approximate surface area is 187 Å². The van der Waals surface area contributed by atoms with E-state index in [2.05, 4.69) is 5.10 Å². The van der Waals surface area contributed by atoms with Crippen molar-refractivity contribution >= 4 is 19.7 Å². The van der Waals surface area contributed by atoms with Gasteiger partial charge in [-0.25, -0.2) is 21.5 Å². The second-order valence-electron chi connectivity index (χ2n) is 7.11. The number of sulfone groups is 2. The van der Waals surface area contributed by atoms with Crippen molar-refractivity contribution in [3.8, 4) is 22.6 Å². The lowest BCUT2D eigenvalue weighted by Gasteiger charge is -2.14. The van der Waals surface area contributed by atoms with Crippen molar-refractivity contribution in [1.29, 1.82) is 0 Å². The predicted molar refractivity (Wildman–Crippen MR) is 113 cm³/mol. The van der Waals surface area contributed by atoms with Crippen LogP contribution in [0.3, 0.4) is 0 Å². The van der Waals surface area contributed by atoms with Crippen molar-refractivity contribution in [2.45, 2.75) is 22.5 Å². The Kier molecular flexibility index (Phi) is 6.40. The molecule has 0 N–H and O–H groups in total. The molecule has 1 aromatic heterocycles. The van der Waals surface area contributed by atoms with Gasteiger partial charge in [0.2, 0.25) is 5.75 Å². The van der Waals surface area contributed by atoms with Crippen LogP contribution in [0, 0.1) is 0 Å². The first kappa shape index (κ1) is 24.5. The van der Waals surface area contributed by atoms with Crippen LogP contribution in [0.1, 0.15) is 0 Å². The summed E-state index contributed by atoms with van der Waals surface area (Å²) in [4.78, 5) is 12.8. The standard InChI is InChI=1S/C20H17F3N2O6S2/c1-32(27,28)15-7-3-13(4-8-15)17-11-24-25(12-20(21,22)23)19(26)18(17)31-14-5-9-16(10-6-14)33(2,29)30/h3-11H,12H2,1-2H3. The van der Waals surface area contributed by atoms with Crippen LogP contribution in [-0.2, 0) is 26.2 Å². The molecule has 3 rings (SSSR count). The molecular weight excluding hydrogens is 485 g/mol. The summed E-state index contributed by atoms with van der Waals surface area (Å²) < 4.78 is 90.9. The third-order valence-corrected chi connectivity index (χ3v) is 6.65. The van der Waals surface area contributed by atoms with Crippen LogP contribution in [0.5, 0.6) is 11.5 Å². The van der Waals surface area contributed by atoms with E-state index in [0.717, 1.165) is 18.7 Å². The minimum atomic E-state index is -4.72. The normalized spacial score (nSPS) is 12.5. The molecule has 0 fully saturated rings. The molecule has 8 nitrogen and oxygen atoms in total. The summed E-state index contributed by atoms with van der Waals surface area (Å²) in [6.07, 6.45) is -1.71. The minimum Gasteiger partial charge on any atom is -0.451 e. The maximum atomic E-state index is 12.9. The van der Waals surface area contributed by atoms with Gasteiger partial charge in [-0.1, -0.05) is 12.1 Å². The largest absolute Gasteiger partial charge is 0.451 e. The molecule has 0 radical (unpaired) electrons. The fraction of sp³-hybridized carbons (Fsp3) is 0.200. The van der Waals surface area contributed by atoms with Crippen molar-refractivity contribution in [2.75, 3.05) is 12.5 Å². The molecule has 2 aromatic carbocycles. The number of aromatic nitrogens is 2. The Morgan fingerprint density at radius 2 is 1.36 bits per heavy atom. The average Bonchev–Trinajstić information content (AvgIpc) is 2.69. The van der Waals surface area contributed by atoms with Gasteiger partial charge in [-0.2, -0.15) is 18.3 Å². The number of halogens is 3. The maximum absolute atomic E-state index is 12.9. The summed E-state index contributed by atoms with van der Waals surface area (Å²) >= 11 is 0. The Balaban J connectivity index is 2.12. The molecule has 0 atom stereocenters. The van der Waals surface area contributed by atoms with Gasteiger partial charge in [0.15, 0.2) is 19.7 Å². The van der Waals surface area contributed by atoms with E-state index in [1.54, 1.807) is 0 Å². The second kappa shape index (κ2) is 8.63. The smallest absolute Gasteiger partial charge is 0.408 e. The molecule has 33 heavy (non-hydrogen) atoms. The second-order valence-corrected chi connectivity index (χ2v) is 11.1. The highest BCUT2D eigenvalue weighted by atomic mass is 32.2. The van der Waals surface area contributed by atoms with Gasteiger partial charge in [-0.15, -0.1) is 0 Å². The highest BCUT2D eigenvalue weighted by Gasteiger charge is 2.30. The first-order chi connectivity index (χ1) is 15.1. The van der Waals surface area contributed by atoms with Crippen molar-refractivity contribution in [3.63, 3.8) is 0 Å². The van der Waals surface area contributed by atoms with E-state index in [1.165, 1.54) is 48.5 Å². The lowest BCUT2D eigenvalue weighted by Crippen LogP contribution is -2.30. The van der Waals surface area contributed by atoms with E-state index in [9.17, 15) is 34.8 Å². The summed E-state index contributed by atoms with van der Waals surface area (Å²) in [5, 5.41) is 3.57. The van der Waals surface area contributed by atoms with E-state index >= 15 is 0 Å². The number of ether oxygens (including phenoxy) is 1. The fourth-order valence-electron chi connectivity index (χ4n) is 2.81. The third kappa shape index (κ3) is 5.99. The summed E-state index contributed by atoms with van der Waals surface area (Å²) in [7, 11) is -7.00. The summed E-state index contributed by atoms with van der Waals surface area (Å²) in [5.41, 5.74) is -0.885. The van der Waals surface area contributed by atoms with Crippen molar-refractivity contribution in [2.24, 2.45) is 0 Å². The zero-order valence-electron chi connectivity index (χ0n) is 17.2. The van der Waals surface area contributed by atoms with Crippen molar-refractivity contribution in [3.05, 3.63) is 65.1 Å². The van der Waals surface area contributed by atoms with Crippen LogP contribution in [-0.4, -0.2) is 45.3 Å². The van der Waals surface area contributed by atoms with Crippen molar-refractivity contribution < 1.29 is 34.7 Å². The zero-order chi connectivity index (χ0) is 24.6. The van der Waals surface area contributed by atoms with E-state index in [1.807, 2.05) is 0 Å². The monoisotopic (exact) mass is 502 g/mol. The molecule has 1 heterocycles.